The van der Waals surface area contributed by atoms with Crippen LogP contribution in [0.2, 0.25) is 0 Å². The molecule has 1 aliphatic carbocycles. The first-order valence-electron chi connectivity index (χ1n) is 4.95. The first-order valence-corrected chi connectivity index (χ1v) is 4.95. The van der Waals surface area contributed by atoms with Crippen molar-refractivity contribution in [3.05, 3.63) is 0 Å². The molecule has 2 atom stereocenters. The Labute approximate surface area is 89.9 Å². The monoisotopic (exact) mass is 224 g/mol. The lowest BCUT2D eigenvalue weighted by molar-refractivity contribution is -0.158. The van der Waals surface area contributed by atoms with Gasteiger partial charge in [-0.05, 0) is 5.92 Å². The third-order valence-electron chi connectivity index (χ3n) is 4.18. The number of hydrogen-bond acceptors (Lipinski definition) is 6. The van der Waals surface area contributed by atoms with Crippen molar-refractivity contribution in [2.45, 2.75) is 19.8 Å². The third kappa shape index (κ3) is 0.699. The Kier molecular flexibility index (Phi) is 1.39. The van der Waals surface area contributed by atoms with E-state index in [0.717, 1.165) is 0 Å². The fraction of sp³-hybridized carbons (Fsp3) is 0.600. The average Bonchev–Trinajstić information content (AvgIpc) is 2.46. The molecular formula is C10H8O6. The van der Waals surface area contributed by atoms with Crippen molar-refractivity contribution >= 4 is 23.9 Å². The Morgan fingerprint density at radius 2 is 1.31 bits per heavy atom. The van der Waals surface area contributed by atoms with E-state index in [2.05, 4.69) is 9.47 Å². The summed E-state index contributed by atoms with van der Waals surface area (Å²) in [5.41, 5.74) is -2.29. The number of hydrogen-bond donors (Lipinski definition) is 0. The van der Waals surface area contributed by atoms with E-state index in [0.29, 0.717) is 0 Å². The van der Waals surface area contributed by atoms with Gasteiger partial charge >= 0.3 is 23.9 Å². The van der Waals surface area contributed by atoms with E-state index in [9.17, 15) is 19.2 Å². The van der Waals surface area contributed by atoms with Crippen LogP contribution in [-0.4, -0.2) is 23.9 Å². The molecular weight excluding hydrogens is 216 g/mol. The highest BCUT2D eigenvalue weighted by Crippen LogP contribution is 2.76. The van der Waals surface area contributed by atoms with Crippen LogP contribution in [0.3, 0.4) is 0 Å². The Balaban J connectivity index is 2.08. The van der Waals surface area contributed by atoms with E-state index < -0.39 is 34.7 Å². The number of carbonyl (C=O) groups excluding carboxylic acids is 4. The molecule has 0 amide bonds. The van der Waals surface area contributed by atoms with E-state index in [1.54, 1.807) is 6.92 Å². The Hall–Kier alpha value is -1.72. The number of ether oxygens (including phenoxy) is 2. The highest BCUT2D eigenvalue weighted by Gasteiger charge is 2.88. The second-order valence-electron chi connectivity index (χ2n) is 4.54. The summed E-state index contributed by atoms with van der Waals surface area (Å²) in [7, 11) is 0. The van der Waals surface area contributed by atoms with Gasteiger partial charge < -0.3 is 9.47 Å². The highest BCUT2D eigenvalue weighted by molar-refractivity contribution is 6.11. The normalized spacial score (nSPS) is 45.4. The van der Waals surface area contributed by atoms with Crippen LogP contribution in [0.25, 0.3) is 0 Å². The van der Waals surface area contributed by atoms with Crippen molar-refractivity contribution in [1.29, 1.82) is 0 Å². The first-order chi connectivity index (χ1) is 7.45. The van der Waals surface area contributed by atoms with Gasteiger partial charge in [-0.25, -0.2) is 0 Å². The molecule has 84 valence electrons. The minimum Gasteiger partial charge on any atom is -0.393 e. The van der Waals surface area contributed by atoms with Crippen LogP contribution in [-0.2, 0) is 28.7 Å². The minimum absolute atomic E-state index is 0.130. The Morgan fingerprint density at radius 1 is 0.938 bits per heavy atom. The van der Waals surface area contributed by atoms with Gasteiger partial charge in [0.2, 0.25) is 0 Å². The van der Waals surface area contributed by atoms with Crippen LogP contribution in [0, 0.1) is 16.7 Å². The lowest BCUT2D eigenvalue weighted by atomic mass is 9.90. The fourth-order valence-corrected chi connectivity index (χ4v) is 3.22. The van der Waals surface area contributed by atoms with Crippen molar-refractivity contribution in [2.75, 3.05) is 0 Å². The van der Waals surface area contributed by atoms with Crippen molar-refractivity contribution in [3.8, 4) is 0 Å². The van der Waals surface area contributed by atoms with E-state index >= 15 is 0 Å². The first kappa shape index (κ1) is 9.50. The van der Waals surface area contributed by atoms with Crippen LogP contribution in [0.4, 0.5) is 0 Å². The summed E-state index contributed by atoms with van der Waals surface area (Å²) in [6, 6.07) is 0. The topological polar surface area (TPSA) is 86.7 Å². The summed E-state index contributed by atoms with van der Waals surface area (Å²) >= 11 is 0. The summed E-state index contributed by atoms with van der Waals surface area (Å²) in [6.45, 7) is 1.67. The smallest absolute Gasteiger partial charge is 0.321 e. The van der Waals surface area contributed by atoms with E-state index in [1.807, 2.05) is 0 Å². The zero-order valence-electron chi connectivity index (χ0n) is 8.44. The molecule has 0 aromatic rings. The average molecular weight is 224 g/mol. The van der Waals surface area contributed by atoms with Gasteiger partial charge in [0.1, 0.15) is 0 Å². The van der Waals surface area contributed by atoms with Gasteiger partial charge in [0.05, 0.1) is 23.7 Å². The predicted molar refractivity (Wildman–Crippen MR) is 45.5 cm³/mol. The molecule has 3 rings (SSSR count). The minimum atomic E-state index is -1.15. The van der Waals surface area contributed by atoms with Gasteiger partial charge in [0.25, 0.3) is 0 Å². The van der Waals surface area contributed by atoms with Gasteiger partial charge in [-0.1, -0.05) is 6.92 Å². The molecule has 16 heavy (non-hydrogen) atoms. The molecule has 3 fully saturated rings. The van der Waals surface area contributed by atoms with Crippen molar-refractivity contribution < 1.29 is 28.7 Å². The van der Waals surface area contributed by atoms with Crippen LogP contribution < -0.4 is 0 Å². The lowest BCUT2D eigenvalue weighted by Crippen LogP contribution is -2.23. The molecule has 0 aromatic heterocycles. The molecule has 2 heterocycles. The van der Waals surface area contributed by atoms with Gasteiger partial charge in [-0.2, -0.15) is 0 Å². The maximum absolute atomic E-state index is 11.6. The van der Waals surface area contributed by atoms with Crippen molar-refractivity contribution in [1.82, 2.24) is 0 Å². The summed E-state index contributed by atoms with van der Waals surface area (Å²) in [5, 5.41) is 0. The maximum atomic E-state index is 11.6. The summed E-state index contributed by atoms with van der Waals surface area (Å²) in [4.78, 5) is 45.5. The fourth-order valence-electron chi connectivity index (χ4n) is 3.22. The zero-order chi connectivity index (χ0) is 11.7. The molecule has 2 aliphatic heterocycles. The third-order valence-corrected chi connectivity index (χ3v) is 4.18. The van der Waals surface area contributed by atoms with Crippen LogP contribution in [0.5, 0.6) is 0 Å². The molecule has 1 saturated carbocycles. The van der Waals surface area contributed by atoms with Crippen LogP contribution in [0.1, 0.15) is 19.8 Å². The molecule has 6 heteroatoms. The maximum Gasteiger partial charge on any atom is 0.321 e. The number of cyclic esters (lactones) is 4. The molecule has 2 saturated heterocycles. The summed E-state index contributed by atoms with van der Waals surface area (Å²) in [6.07, 6.45) is -0.259. The predicted octanol–water partition coefficient (Wildman–Crippen LogP) is -0.444. The Bertz CT molecular complexity index is 424. The van der Waals surface area contributed by atoms with Crippen molar-refractivity contribution in [3.63, 3.8) is 0 Å². The zero-order valence-corrected chi connectivity index (χ0v) is 8.44. The molecule has 6 nitrogen and oxygen atoms in total. The largest absolute Gasteiger partial charge is 0.393 e. The number of rotatable bonds is 0. The summed E-state index contributed by atoms with van der Waals surface area (Å²) in [5.74, 6) is -3.05. The SMILES string of the molecule is CC1C2(CC(=O)OC2=O)C12CC(=O)OC2=O. The molecule has 0 bridgehead atoms. The van der Waals surface area contributed by atoms with Gasteiger partial charge in [0.15, 0.2) is 0 Å². The van der Waals surface area contributed by atoms with E-state index in [-0.39, 0.29) is 18.8 Å². The standard InChI is InChI=1S/C10H8O6/c1-4-9(2-5(11)15-7(9)13)10(4)3-6(12)16-8(10)14/h4H,2-3H2,1H3. The number of esters is 4. The molecule has 0 radical (unpaired) electrons. The second-order valence-corrected chi connectivity index (χ2v) is 4.54. The number of fused-ring (bicyclic) bond motifs is 1. The van der Waals surface area contributed by atoms with Crippen molar-refractivity contribution in [2.24, 2.45) is 16.7 Å². The van der Waals surface area contributed by atoms with E-state index in [1.165, 1.54) is 0 Å². The molecule has 3 aliphatic rings. The van der Waals surface area contributed by atoms with Gasteiger partial charge in [-0.15, -0.1) is 0 Å². The van der Waals surface area contributed by atoms with Gasteiger partial charge in [0, 0.05) is 0 Å². The van der Waals surface area contributed by atoms with Crippen LogP contribution >= 0.6 is 0 Å². The van der Waals surface area contributed by atoms with Gasteiger partial charge in [-0.3, -0.25) is 19.2 Å². The Morgan fingerprint density at radius 3 is 1.56 bits per heavy atom. The van der Waals surface area contributed by atoms with Crippen LogP contribution in [0.15, 0.2) is 0 Å². The molecule has 0 aromatic carbocycles. The number of carbonyl (C=O) groups is 4. The molecule has 2 unspecified atom stereocenters. The van der Waals surface area contributed by atoms with E-state index in [4.69, 9.17) is 0 Å². The quantitative estimate of drug-likeness (QED) is 0.409. The lowest BCUT2D eigenvalue weighted by Gasteiger charge is -2.05. The summed E-state index contributed by atoms with van der Waals surface area (Å²) < 4.78 is 8.97. The molecule has 2 spiro atoms. The molecule has 0 N–H and O–H groups in total. The second kappa shape index (κ2) is 2.34. The highest BCUT2D eigenvalue weighted by atomic mass is 16.6.